The van der Waals surface area contributed by atoms with E-state index in [1.807, 2.05) is 49.6 Å². The number of nitrogens with zero attached hydrogens (tertiary/aromatic N) is 1. The monoisotopic (exact) mass is 304 g/mol. The van der Waals surface area contributed by atoms with Crippen LogP contribution in [-0.2, 0) is 5.54 Å². The maximum Gasteiger partial charge on any atom is 0.318 e. The minimum absolute atomic E-state index is 0.0287. The molecule has 0 bridgehead atoms. The van der Waals surface area contributed by atoms with Crippen LogP contribution in [0.4, 0.5) is 4.79 Å². The van der Waals surface area contributed by atoms with E-state index in [-0.39, 0.29) is 6.03 Å². The summed E-state index contributed by atoms with van der Waals surface area (Å²) in [6, 6.07) is 8.25. The van der Waals surface area contributed by atoms with Crippen molar-refractivity contribution in [3.63, 3.8) is 0 Å². The van der Waals surface area contributed by atoms with Gasteiger partial charge in [-0.1, -0.05) is 30.4 Å². The summed E-state index contributed by atoms with van der Waals surface area (Å²) in [5, 5.41) is 3.16. The summed E-state index contributed by atoms with van der Waals surface area (Å²) in [4.78, 5) is 14.3. The number of allylic oxidation sites excluding steroid dienone is 1. The van der Waals surface area contributed by atoms with Gasteiger partial charge < -0.3 is 10.2 Å². The number of nitrogens with one attached hydrogen (secondary N) is 1. The van der Waals surface area contributed by atoms with Crippen LogP contribution in [0.25, 0.3) is 5.57 Å². The van der Waals surface area contributed by atoms with Crippen LogP contribution in [0.5, 0.6) is 0 Å². The summed E-state index contributed by atoms with van der Waals surface area (Å²) in [6.07, 6.45) is 0. The average Bonchev–Trinajstić information content (AvgIpc) is 2.48. The van der Waals surface area contributed by atoms with Crippen molar-refractivity contribution in [1.82, 2.24) is 10.2 Å². The summed E-state index contributed by atoms with van der Waals surface area (Å²) in [7, 11) is 0. The van der Waals surface area contributed by atoms with Crippen molar-refractivity contribution >= 4 is 23.4 Å². The van der Waals surface area contributed by atoms with Crippen molar-refractivity contribution in [3.05, 3.63) is 42.0 Å². The van der Waals surface area contributed by atoms with E-state index in [1.165, 1.54) is 0 Å². The zero-order valence-corrected chi connectivity index (χ0v) is 13.9. The van der Waals surface area contributed by atoms with E-state index in [1.54, 1.807) is 0 Å². The maximum atomic E-state index is 12.4. The summed E-state index contributed by atoms with van der Waals surface area (Å²) >= 11 is 1.90. The fraction of sp³-hybridized carbons (Fsp3) is 0.471. The number of hydrogen-bond donors (Lipinski definition) is 1. The molecule has 1 heterocycles. The first-order valence-corrected chi connectivity index (χ1v) is 8.47. The number of benzene rings is 1. The van der Waals surface area contributed by atoms with Crippen LogP contribution in [0.3, 0.4) is 0 Å². The van der Waals surface area contributed by atoms with Gasteiger partial charge in [-0.2, -0.15) is 11.8 Å². The van der Waals surface area contributed by atoms with Gasteiger partial charge in [-0.25, -0.2) is 4.79 Å². The molecule has 2 amide bonds. The summed E-state index contributed by atoms with van der Waals surface area (Å²) in [5.41, 5.74) is 2.85. The van der Waals surface area contributed by atoms with E-state index in [4.69, 9.17) is 0 Å². The first-order chi connectivity index (χ1) is 9.90. The number of hydrogen-bond acceptors (Lipinski definition) is 2. The number of amides is 2. The van der Waals surface area contributed by atoms with E-state index in [2.05, 4.69) is 24.0 Å². The number of carbonyl (C=O) groups excluding carboxylic acids is 1. The molecule has 0 saturated carbocycles. The Labute approximate surface area is 131 Å². The molecule has 0 atom stereocenters. The van der Waals surface area contributed by atoms with Gasteiger partial charge in [-0.05, 0) is 38.0 Å². The number of urea groups is 1. The summed E-state index contributed by atoms with van der Waals surface area (Å²) in [6.45, 7) is 11.7. The number of rotatable bonds is 3. The third kappa shape index (κ3) is 4.03. The Balaban J connectivity index is 2.11. The Bertz CT molecular complexity index is 533. The van der Waals surface area contributed by atoms with Gasteiger partial charge in [0.2, 0.25) is 0 Å². The molecule has 0 radical (unpaired) electrons. The van der Waals surface area contributed by atoms with Crippen molar-refractivity contribution < 1.29 is 4.79 Å². The van der Waals surface area contributed by atoms with E-state index >= 15 is 0 Å². The fourth-order valence-corrected chi connectivity index (χ4v) is 3.26. The molecule has 1 N–H and O–H groups in total. The summed E-state index contributed by atoms with van der Waals surface area (Å²) < 4.78 is 0. The van der Waals surface area contributed by atoms with Crippen molar-refractivity contribution in [1.29, 1.82) is 0 Å². The molecule has 1 aromatic rings. The second-order valence-electron chi connectivity index (χ2n) is 6.02. The predicted molar refractivity (Wildman–Crippen MR) is 91.6 cm³/mol. The third-order valence-electron chi connectivity index (χ3n) is 3.79. The van der Waals surface area contributed by atoms with E-state index in [0.717, 1.165) is 41.3 Å². The highest BCUT2D eigenvalue weighted by atomic mass is 32.2. The van der Waals surface area contributed by atoms with Crippen molar-refractivity contribution in [3.8, 4) is 0 Å². The normalized spacial score (nSPS) is 15.7. The van der Waals surface area contributed by atoms with Gasteiger partial charge in [-0.3, -0.25) is 0 Å². The minimum atomic E-state index is -0.396. The molecule has 0 spiro atoms. The molecule has 114 valence electrons. The minimum Gasteiger partial charge on any atom is -0.329 e. The molecule has 1 aromatic carbocycles. The van der Waals surface area contributed by atoms with Crippen molar-refractivity contribution in [2.75, 3.05) is 24.6 Å². The Kier molecular flexibility index (Phi) is 4.99. The fourth-order valence-electron chi connectivity index (χ4n) is 2.36. The lowest BCUT2D eigenvalue weighted by atomic mass is 9.92. The van der Waals surface area contributed by atoms with Gasteiger partial charge in [0.15, 0.2) is 0 Å². The molecule has 1 saturated heterocycles. The highest BCUT2D eigenvalue weighted by Gasteiger charge is 2.26. The lowest BCUT2D eigenvalue weighted by molar-refractivity contribution is 0.191. The van der Waals surface area contributed by atoms with Gasteiger partial charge in [0.05, 0.1) is 5.54 Å². The third-order valence-corrected chi connectivity index (χ3v) is 4.74. The van der Waals surface area contributed by atoms with Crippen LogP contribution >= 0.6 is 11.8 Å². The number of carbonyl (C=O) groups is 1. The zero-order chi connectivity index (χ0) is 15.5. The second kappa shape index (κ2) is 6.56. The molecule has 3 nitrogen and oxygen atoms in total. The molecular formula is C17H24N2OS. The molecular weight excluding hydrogens is 280 g/mol. The van der Waals surface area contributed by atoms with Crippen molar-refractivity contribution in [2.45, 2.75) is 26.3 Å². The highest BCUT2D eigenvalue weighted by Crippen LogP contribution is 2.24. The first-order valence-electron chi connectivity index (χ1n) is 7.31. The zero-order valence-electron chi connectivity index (χ0n) is 13.1. The van der Waals surface area contributed by atoms with Crippen LogP contribution in [0.1, 0.15) is 31.9 Å². The maximum absolute atomic E-state index is 12.4. The topological polar surface area (TPSA) is 32.3 Å². The molecule has 0 aromatic heterocycles. The molecule has 4 heteroatoms. The Hall–Kier alpha value is -1.42. The van der Waals surface area contributed by atoms with Crippen LogP contribution in [0.15, 0.2) is 30.8 Å². The van der Waals surface area contributed by atoms with Gasteiger partial charge in [0, 0.05) is 24.6 Å². The quantitative estimate of drug-likeness (QED) is 0.923. The predicted octanol–water partition coefficient (Wildman–Crippen LogP) is 3.71. The van der Waals surface area contributed by atoms with Crippen LogP contribution in [-0.4, -0.2) is 35.5 Å². The Morgan fingerprint density at radius 2 is 2.00 bits per heavy atom. The smallest absolute Gasteiger partial charge is 0.318 e. The SMILES string of the molecule is C=C(C)c1cccc(C(C)(C)NC(=O)N2CCSCC2)c1. The molecule has 1 fully saturated rings. The lowest BCUT2D eigenvalue weighted by Crippen LogP contribution is -2.50. The van der Waals surface area contributed by atoms with E-state index in [9.17, 15) is 4.79 Å². The van der Waals surface area contributed by atoms with Crippen LogP contribution < -0.4 is 5.32 Å². The van der Waals surface area contributed by atoms with Gasteiger partial charge in [0.25, 0.3) is 0 Å². The lowest BCUT2D eigenvalue weighted by Gasteiger charge is -2.33. The Morgan fingerprint density at radius 1 is 1.33 bits per heavy atom. The largest absolute Gasteiger partial charge is 0.329 e. The number of thioether (sulfide) groups is 1. The molecule has 1 aliphatic rings. The molecule has 21 heavy (non-hydrogen) atoms. The van der Waals surface area contributed by atoms with E-state index in [0.29, 0.717) is 0 Å². The average molecular weight is 304 g/mol. The Morgan fingerprint density at radius 3 is 2.62 bits per heavy atom. The van der Waals surface area contributed by atoms with Crippen molar-refractivity contribution in [2.24, 2.45) is 0 Å². The van der Waals surface area contributed by atoms with Crippen LogP contribution in [0, 0.1) is 0 Å². The first kappa shape index (κ1) is 16.0. The second-order valence-corrected chi connectivity index (χ2v) is 7.24. The summed E-state index contributed by atoms with van der Waals surface area (Å²) in [5.74, 6) is 2.05. The van der Waals surface area contributed by atoms with Gasteiger partial charge in [0.1, 0.15) is 0 Å². The standard InChI is InChI=1S/C17H24N2OS/c1-13(2)14-6-5-7-15(12-14)17(3,4)18-16(20)19-8-10-21-11-9-19/h5-7,12H,1,8-11H2,2-4H3,(H,18,20). The van der Waals surface area contributed by atoms with Gasteiger partial charge in [-0.15, -0.1) is 0 Å². The highest BCUT2D eigenvalue weighted by molar-refractivity contribution is 7.99. The molecule has 0 aliphatic carbocycles. The molecule has 2 rings (SSSR count). The molecule has 1 aliphatic heterocycles. The molecule has 0 unspecified atom stereocenters. The van der Waals surface area contributed by atoms with E-state index < -0.39 is 5.54 Å². The van der Waals surface area contributed by atoms with Crippen LogP contribution in [0.2, 0.25) is 0 Å². The van der Waals surface area contributed by atoms with Gasteiger partial charge >= 0.3 is 6.03 Å².